The zero-order valence-electron chi connectivity index (χ0n) is 11.3. The standard InChI is InChI=1S/C13H20N4S/c1-5-17-7-11(6-14-17)12(15-9(2)3)13-16-10(4)8-18-13/h6-9,12,15H,5H2,1-4H3. The minimum Gasteiger partial charge on any atom is -0.302 e. The van der Waals surface area contributed by atoms with Crippen molar-refractivity contribution in [2.75, 3.05) is 0 Å². The second-order valence-corrected chi connectivity index (χ2v) is 5.60. The zero-order valence-corrected chi connectivity index (χ0v) is 12.2. The molecule has 2 rings (SSSR count). The smallest absolute Gasteiger partial charge is 0.115 e. The van der Waals surface area contributed by atoms with Crippen LogP contribution in [0.2, 0.25) is 0 Å². The first-order chi connectivity index (χ1) is 8.60. The van der Waals surface area contributed by atoms with Crippen LogP contribution in [0.1, 0.15) is 43.1 Å². The van der Waals surface area contributed by atoms with E-state index in [9.17, 15) is 0 Å². The number of nitrogens with zero attached hydrogens (tertiary/aromatic N) is 3. The lowest BCUT2D eigenvalue weighted by atomic mass is 10.1. The highest BCUT2D eigenvalue weighted by atomic mass is 32.1. The van der Waals surface area contributed by atoms with E-state index in [0.29, 0.717) is 6.04 Å². The molecule has 1 N–H and O–H groups in total. The van der Waals surface area contributed by atoms with E-state index >= 15 is 0 Å². The molecule has 1 atom stereocenters. The summed E-state index contributed by atoms with van der Waals surface area (Å²) in [5, 5.41) is 11.1. The third kappa shape index (κ3) is 2.97. The van der Waals surface area contributed by atoms with Crippen molar-refractivity contribution in [2.24, 2.45) is 0 Å². The van der Waals surface area contributed by atoms with Crippen LogP contribution in [0.25, 0.3) is 0 Å². The van der Waals surface area contributed by atoms with Gasteiger partial charge in [0.25, 0.3) is 0 Å². The van der Waals surface area contributed by atoms with Crippen LogP contribution in [0.4, 0.5) is 0 Å². The quantitative estimate of drug-likeness (QED) is 0.903. The highest BCUT2D eigenvalue weighted by Gasteiger charge is 2.19. The fourth-order valence-electron chi connectivity index (χ4n) is 1.85. The van der Waals surface area contributed by atoms with Gasteiger partial charge in [-0.3, -0.25) is 4.68 Å². The van der Waals surface area contributed by atoms with Crippen molar-refractivity contribution >= 4 is 11.3 Å². The third-order valence-electron chi connectivity index (χ3n) is 2.69. The molecular formula is C13H20N4S. The van der Waals surface area contributed by atoms with Gasteiger partial charge in [0.15, 0.2) is 0 Å². The fourth-order valence-corrected chi connectivity index (χ4v) is 2.73. The molecule has 0 saturated carbocycles. The number of hydrogen-bond acceptors (Lipinski definition) is 4. The van der Waals surface area contributed by atoms with Gasteiger partial charge in [0.2, 0.25) is 0 Å². The van der Waals surface area contributed by atoms with Gasteiger partial charge in [0, 0.05) is 35.4 Å². The second kappa shape index (κ2) is 5.63. The summed E-state index contributed by atoms with van der Waals surface area (Å²) < 4.78 is 1.95. The third-order valence-corrected chi connectivity index (χ3v) is 3.72. The molecule has 0 saturated heterocycles. The molecule has 18 heavy (non-hydrogen) atoms. The molecule has 1 unspecified atom stereocenters. The van der Waals surface area contributed by atoms with Crippen molar-refractivity contribution in [3.63, 3.8) is 0 Å². The van der Waals surface area contributed by atoms with Gasteiger partial charge in [-0.25, -0.2) is 4.98 Å². The number of aryl methyl sites for hydroxylation is 2. The van der Waals surface area contributed by atoms with Crippen molar-refractivity contribution in [3.8, 4) is 0 Å². The highest BCUT2D eigenvalue weighted by Crippen LogP contribution is 2.25. The molecule has 98 valence electrons. The van der Waals surface area contributed by atoms with Crippen LogP contribution in [0, 0.1) is 6.92 Å². The van der Waals surface area contributed by atoms with Crippen molar-refractivity contribution in [1.82, 2.24) is 20.1 Å². The molecule has 0 amide bonds. The van der Waals surface area contributed by atoms with Crippen LogP contribution >= 0.6 is 11.3 Å². The van der Waals surface area contributed by atoms with Crippen LogP contribution in [-0.2, 0) is 6.54 Å². The Morgan fingerprint density at radius 2 is 2.22 bits per heavy atom. The Bertz CT molecular complexity index is 501. The van der Waals surface area contributed by atoms with E-state index in [0.717, 1.165) is 17.2 Å². The van der Waals surface area contributed by atoms with E-state index in [-0.39, 0.29) is 6.04 Å². The molecular weight excluding hydrogens is 244 g/mol. The van der Waals surface area contributed by atoms with Crippen LogP contribution < -0.4 is 5.32 Å². The van der Waals surface area contributed by atoms with E-state index in [1.54, 1.807) is 11.3 Å². The Morgan fingerprint density at radius 1 is 1.44 bits per heavy atom. The van der Waals surface area contributed by atoms with Gasteiger partial charge in [-0.1, -0.05) is 0 Å². The first-order valence-corrected chi connectivity index (χ1v) is 7.18. The summed E-state index contributed by atoms with van der Waals surface area (Å²) in [4.78, 5) is 4.59. The molecule has 0 aliphatic carbocycles. The molecule has 5 heteroatoms. The van der Waals surface area contributed by atoms with E-state index in [2.05, 4.69) is 47.7 Å². The normalized spacial score (nSPS) is 13.2. The summed E-state index contributed by atoms with van der Waals surface area (Å²) in [6, 6.07) is 0.549. The number of aromatic nitrogens is 3. The van der Waals surface area contributed by atoms with Gasteiger partial charge in [0.05, 0.1) is 12.2 Å². The lowest BCUT2D eigenvalue weighted by molar-refractivity contribution is 0.526. The van der Waals surface area contributed by atoms with Gasteiger partial charge in [-0.05, 0) is 27.7 Å². The van der Waals surface area contributed by atoms with Gasteiger partial charge in [-0.2, -0.15) is 5.10 Å². The van der Waals surface area contributed by atoms with Crippen molar-refractivity contribution < 1.29 is 0 Å². The maximum atomic E-state index is 4.59. The van der Waals surface area contributed by atoms with Crippen LogP contribution in [0.5, 0.6) is 0 Å². The number of rotatable bonds is 5. The molecule has 4 nitrogen and oxygen atoms in total. The van der Waals surface area contributed by atoms with Crippen LogP contribution in [-0.4, -0.2) is 20.8 Å². The lowest BCUT2D eigenvalue weighted by Gasteiger charge is -2.17. The summed E-state index contributed by atoms with van der Waals surface area (Å²) >= 11 is 1.70. The zero-order chi connectivity index (χ0) is 13.1. The first-order valence-electron chi connectivity index (χ1n) is 6.30. The van der Waals surface area contributed by atoms with Crippen LogP contribution in [0.3, 0.4) is 0 Å². The summed E-state index contributed by atoms with van der Waals surface area (Å²) in [7, 11) is 0. The second-order valence-electron chi connectivity index (χ2n) is 4.71. The summed E-state index contributed by atoms with van der Waals surface area (Å²) in [6.45, 7) is 9.32. The van der Waals surface area contributed by atoms with E-state index < -0.39 is 0 Å². The maximum Gasteiger partial charge on any atom is 0.115 e. The average Bonchev–Trinajstić information content (AvgIpc) is 2.94. The molecule has 0 aliphatic heterocycles. The highest BCUT2D eigenvalue weighted by molar-refractivity contribution is 7.09. The monoisotopic (exact) mass is 264 g/mol. The predicted octanol–water partition coefficient (Wildman–Crippen LogP) is 2.76. The predicted molar refractivity (Wildman–Crippen MR) is 74.9 cm³/mol. The van der Waals surface area contributed by atoms with E-state index in [1.165, 1.54) is 5.56 Å². The molecule has 2 heterocycles. The molecule has 0 spiro atoms. The Labute approximate surface area is 112 Å². The van der Waals surface area contributed by atoms with E-state index in [1.807, 2.05) is 17.8 Å². The number of thiazole rings is 1. The van der Waals surface area contributed by atoms with Gasteiger partial charge in [-0.15, -0.1) is 11.3 Å². The Balaban J connectivity index is 2.30. The molecule has 2 aromatic heterocycles. The molecule has 0 radical (unpaired) electrons. The Morgan fingerprint density at radius 3 is 2.72 bits per heavy atom. The SMILES string of the molecule is CCn1cc(C(NC(C)C)c2nc(C)cs2)cn1. The number of nitrogens with one attached hydrogen (secondary N) is 1. The summed E-state index contributed by atoms with van der Waals surface area (Å²) in [5.74, 6) is 0. The Kier molecular flexibility index (Phi) is 4.14. The van der Waals surface area contributed by atoms with Crippen LogP contribution in [0.15, 0.2) is 17.8 Å². The largest absolute Gasteiger partial charge is 0.302 e. The fraction of sp³-hybridized carbons (Fsp3) is 0.538. The molecule has 0 aliphatic rings. The lowest BCUT2D eigenvalue weighted by Crippen LogP contribution is -2.28. The van der Waals surface area contributed by atoms with Gasteiger partial charge < -0.3 is 5.32 Å². The Hall–Kier alpha value is -1.20. The van der Waals surface area contributed by atoms with Crippen molar-refractivity contribution in [3.05, 3.63) is 34.0 Å². The summed E-state index contributed by atoms with van der Waals surface area (Å²) in [6.07, 6.45) is 4.02. The minimum absolute atomic E-state index is 0.143. The van der Waals surface area contributed by atoms with Gasteiger partial charge >= 0.3 is 0 Å². The average molecular weight is 264 g/mol. The van der Waals surface area contributed by atoms with Gasteiger partial charge in [0.1, 0.15) is 5.01 Å². The maximum absolute atomic E-state index is 4.59. The topological polar surface area (TPSA) is 42.7 Å². The first kappa shape index (κ1) is 13.2. The number of hydrogen-bond donors (Lipinski definition) is 1. The molecule has 0 aromatic carbocycles. The summed E-state index contributed by atoms with van der Waals surface area (Å²) in [5.41, 5.74) is 2.26. The van der Waals surface area contributed by atoms with E-state index in [4.69, 9.17) is 0 Å². The molecule has 0 bridgehead atoms. The minimum atomic E-state index is 0.143. The van der Waals surface area contributed by atoms with Crippen molar-refractivity contribution in [2.45, 2.75) is 46.3 Å². The molecule has 0 fully saturated rings. The molecule has 2 aromatic rings. The van der Waals surface area contributed by atoms with Crippen molar-refractivity contribution in [1.29, 1.82) is 0 Å².